The van der Waals surface area contributed by atoms with E-state index in [-0.39, 0.29) is 5.41 Å². The smallest absolute Gasteiger partial charge is 0.0177 e. The zero-order valence-electron chi connectivity index (χ0n) is 12.5. The number of rotatable bonds is 7. The molecule has 1 aromatic rings. The molecular weight excluding hydrogens is 232 g/mol. The van der Waals surface area contributed by atoms with Crippen molar-refractivity contribution in [1.29, 1.82) is 0 Å². The van der Waals surface area contributed by atoms with Crippen LogP contribution in [0.15, 0.2) is 30.3 Å². The summed E-state index contributed by atoms with van der Waals surface area (Å²) in [4.78, 5) is 2.63. The van der Waals surface area contributed by atoms with Crippen molar-refractivity contribution in [3.05, 3.63) is 35.9 Å². The number of hydrogen-bond acceptors (Lipinski definition) is 2. The molecule has 1 N–H and O–H groups in total. The zero-order chi connectivity index (χ0) is 13.6. The zero-order valence-corrected chi connectivity index (χ0v) is 12.5. The van der Waals surface area contributed by atoms with E-state index >= 15 is 0 Å². The van der Waals surface area contributed by atoms with E-state index in [9.17, 15) is 0 Å². The Morgan fingerprint density at radius 1 is 1.16 bits per heavy atom. The lowest BCUT2D eigenvalue weighted by Crippen LogP contribution is -2.44. The second-order valence-corrected chi connectivity index (χ2v) is 6.09. The van der Waals surface area contributed by atoms with Crippen molar-refractivity contribution in [2.75, 3.05) is 32.7 Å². The molecule has 2 nitrogen and oxygen atoms in total. The van der Waals surface area contributed by atoms with Gasteiger partial charge in [-0.05, 0) is 44.5 Å². The maximum atomic E-state index is 3.62. The van der Waals surface area contributed by atoms with Crippen LogP contribution in [0, 0.1) is 0 Å². The van der Waals surface area contributed by atoms with Crippen LogP contribution in [0.2, 0.25) is 0 Å². The van der Waals surface area contributed by atoms with Crippen LogP contribution in [0.3, 0.4) is 0 Å². The number of benzene rings is 1. The van der Waals surface area contributed by atoms with Crippen molar-refractivity contribution in [1.82, 2.24) is 10.2 Å². The predicted octanol–water partition coefficient (Wildman–Crippen LogP) is 3.04. The van der Waals surface area contributed by atoms with Gasteiger partial charge in [-0.1, -0.05) is 44.2 Å². The molecule has 1 fully saturated rings. The van der Waals surface area contributed by atoms with E-state index in [2.05, 4.69) is 54.4 Å². The lowest BCUT2D eigenvalue weighted by molar-refractivity contribution is 0.250. The van der Waals surface area contributed by atoms with Crippen LogP contribution in [0.4, 0.5) is 0 Å². The van der Waals surface area contributed by atoms with Gasteiger partial charge in [0.1, 0.15) is 0 Å². The summed E-state index contributed by atoms with van der Waals surface area (Å²) in [5, 5.41) is 3.62. The summed E-state index contributed by atoms with van der Waals surface area (Å²) < 4.78 is 0. The average Bonchev–Trinajstić information content (AvgIpc) is 2.93. The summed E-state index contributed by atoms with van der Waals surface area (Å²) in [5.74, 6) is 0. The summed E-state index contributed by atoms with van der Waals surface area (Å²) in [6, 6.07) is 11.0. The quantitative estimate of drug-likeness (QED) is 0.758. The van der Waals surface area contributed by atoms with Gasteiger partial charge in [-0.3, -0.25) is 0 Å². The van der Waals surface area contributed by atoms with Crippen molar-refractivity contribution in [2.24, 2.45) is 0 Å². The topological polar surface area (TPSA) is 15.3 Å². The van der Waals surface area contributed by atoms with E-state index in [1.54, 1.807) is 0 Å². The average molecular weight is 260 g/mol. The van der Waals surface area contributed by atoms with Crippen LogP contribution in [-0.4, -0.2) is 37.6 Å². The molecular formula is C17H28N2. The van der Waals surface area contributed by atoms with Gasteiger partial charge in [-0.2, -0.15) is 0 Å². The molecule has 0 spiro atoms. The minimum absolute atomic E-state index is 0.223. The third-order valence-electron chi connectivity index (χ3n) is 4.18. The molecule has 1 atom stereocenters. The van der Waals surface area contributed by atoms with Crippen LogP contribution in [0.5, 0.6) is 0 Å². The first-order valence-electron chi connectivity index (χ1n) is 7.73. The molecule has 106 valence electrons. The highest BCUT2D eigenvalue weighted by Gasteiger charge is 2.29. The molecule has 19 heavy (non-hydrogen) atoms. The maximum absolute atomic E-state index is 3.62. The van der Waals surface area contributed by atoms with Crippen molar-refractivity contribution in [3.63, 3.8) is 0 Å². The fourth-order valence-corrected chi connectivity index (χ4v) is 3.07. The molecule has 1 unspecified atom stereocenters. The van der Waals surface area contributed by atoms with E-state index in [4.69, 9.17) is 0 Å². The number of hydrogen-bond donors (Lipinski definition) is 1. The largest absolute Gasteiger partial charge is 0.316 e. The molecule has 1 saturated heterocycles. The maximum Gasteiger partial charge on any atom is 0.0177 e. The van der Waals surface area contributed by atoms with Crippen molar-refractivity contribution in [2.45, 2.75) is 38.5 Å². The second kappa shape index (κ2) is 7.06. The molecule has 2 heteroatoms. The minimum Gasteiger partial charge on any atom is -0.316 e. The summed E-state index contributed by atoms with van der Waals surface area (Å²) in [5.41, 5.74) is 1.69. The molecule has 0 radical (unpaired) electrons. The molecule has 1 heterocycles. The summed E-state index contributed by atoms with van der Waals surface area (Å²) in [6.07, 6.45) is 3.94. The molecule has 1 aliphatic heterocycles. The Hall–Kier alpha value is -0.860. The lowest BCUT2D eigenvalue weighted by atomic mass is 9.81. The van der Waals surface area contributed by atoms with Crippen molar-refractivity contribution >= 4 is 0 Å². The summed E-state index contributed by atoms with van der Waals surface area (Å²) in [6.45, 7) is 10.5. The van der Waals surface area contributed by atoms with Gasteiger partial charge >= 0.3 is 0 Å². The molecule has 0 saturated carbocycles. The normalized spacial score (nSPS) is 19.5. The Morgan fingerprint density at radius 2 is 1.84 bits per heavy atom. The number of nitrogens with zero attached hydrogens (tertiary/aromatic N) is 1. The highest BCUT2D eigenvalue weighted by Crippen LogP contribution is 2.26. The summed E-state index contributed by atoms with van der Waals surface area (Å²) in [7, 11) is 0. The van der Waals surface area contributed by atoms with E-state index < -0.39 is 0 Å². The van der Waals surface area contributed by atoms with Crippen molar-refractivity contribution < 1.29 is 0 Å². The molecule has 1 aromatic carbocycles. The van der Waals surface area contributed by atoms with Gasteiger partial charge in [0.15, 0.2) is 0 Å². The summed E-state index contributed by atoms with van der Waals surface area (Å²) >= 11 is 0. The standard InChI is InChI=1S/C17H28N2/c1-3-11-18-14-17(2,15-19-12-7-8-13-19)16-9-5-4-6-10-16/h4-6,9-10,18H,3,7-8,11-15H2,1-2H3. The minimum atomic E-state index is 0.223. The fraction of sp³-hybridized carbons (Fsp3) is 0.647. The molecule has 1 aliphatic rings. The first-order valence-corrected chi connectivity index (χ1v) is 7.73. The Balaban J connectivity index is 2.07. The number of likely N-dealkylation sites (tertiary alicyclic amines) is 1. The van der Waals surface area contributed by atoms with Gasteiger partial charge in [0.25, 0.3) is 0 Å². The molecule has 0 bridgehead atoms. The highest BCUT2D eigenvalue weighted by atomic mass is 15.1. The van der Waals surface area contributed by atoms with Crippen LogP contribution in [-0.2, 0) is 5.41 Å². The van der Waals surface area contributed by atoms with Crippen LogP contribution >= 0.6 is 0 Å². The Morgan fingerprint density at radius 3 is 2.47 bits per heavy atom. The third kappa shape index (κ3) is 4.05. The Labute approximate surface area is 118 Å². The first kappa shape index (κ1) is 14.5. The first-order chi connectivity index (χ1) is 9.24. The van der Waals surface area contributed by atoms with Gasteiger partial charge in [0.05, 0.1) is 0 Å². The monoisotopic (exact) mass is 260 g/mol. The molecule has 0 amide bonds. The SMILES string of the molecule is CCCNCC(C)(CN1CCCC1)c1ccccc1. The van der Waals surface area contributed by atoms with Crippen LogP contribution < -0.4 is 5.32 Å². The van der Waals surface area contributed by atoms with E-state index in [1.165, 1.54) is 44.5 Å². The third-order valence-corrected chi connectivity index (χ3v) is 4.18. The lowest BCUT2D eigenvalue weighted by Gasteiger charge is -2.34. The molecule has 0 aliphatic carbocycles. The van der Waals surface area contributed by atoms with Crippen molar-refractivity contribution in [3.8, 4) is 0 Å². The number of nitrogens with one attached hydrogen (secondary N) is 1. The van der Waals surface area contributed by atoms with Gasteiger partial charge < -0.3 is 10.2 Å². The van der Waals surface area contributed by atoms with Gasteiger partial charge in [-0.15, -0.1) is 0 Å². The highest BCUT2D eigenvalue weighted by molar-refractivity contribution is 5.25. The van der Waals surface area contributed by atoms with Gasteiger partial charge in [0.2, 0.25) is 0 Å². The van der Waals surface area contributed by atoms with Crippen LogP contribution in [0.25, 0.3) is 0 Å². The fourth-order valence-electron chi connectivity index (χ4n) is 3.07. The Kier molecular flexibility index (Phi) is 5.41. The van der Waals surface area contributed by atoms with Gasteiger partial charge in [0, 0.05) is 18.5 Å². The van der Waals surface area contributed by atoms with E-state index in [0.29, 0.717) is 0 Å². The molecule has 2 rings (SSSR count). The van der Waals surface area contributed by atoms with Gasteiger partial charge in [-0.25, -0.2) is 0 Å². The second-order valence-electron chi connectivity index (χ2n) is 6.09. The Bertz CT molecular complexity index is 357. The van der Waals surface area contributed by atoms with E-state index in [1.807, 2.05) is 0 Å². The van der Waals surface area contributed by atoms with E-state index in [0.717, 1.165) is 13.1 Å². The predicted molar refractivity (Wildman–Crippen MR) is 82.6 cm³/mol. The van der Waals surface area contributed by atoms with Crippen LogP contribution in [0.1, 0.15) is 38.7 Å². The molecule has 0 aromatic heterocycles.